The second-order valence-electron chi connectivity index (χ2n) is 13.2. The van der Waals surface area contributed by atoms with Gasteiger partial charge in [-0.05, 0) is 43.6 Å². The van der Waals surface area contributed by atoms with Gasteiger partial charge in [0.15, 0.2) is 0 Å². The van der Waals surface area contributed by atoms with Gasteiger partial charge < -0.3 is 24.8 Å². The topological polar surface area (TPSA) is 0 Å². The number of fused-ring (bicyclic) bond motifs is 3. The van der Waals surface area contributed by atoms with Gasteiger partial charge in [0.1, 0.15) is 0 Å². The average Bonchev–Trinajstić information content (AvgIpc) is 3.30. The van der Waals surface area contributed by atoms with Crippen LogP contribution in [-0.4, -0.2) is 3.21 Å². The summed E-state index contributed by atoms with van der Waals surface area (Å²) < 4.78 is 1.80. The van der Waals surface area contributed by atoms with Gasteiger partial charge in [0.25, 0.3) is 0 Å². The molecule has 204 valence electrons. The number of benzene rings is 2. The molecule has 3 aromatic rings. The summed E-state index contributed by atoms with van der Waals surface area (Å²) in [4.78, 5) is 0. The van der Waals surface area contributed by atoms with Gasteiger partial charge in [-0.15, -0.1) is 33.7 Å². The molecule has 0 nitrogen and oxygen atoms in total. The van der Waals surface area contributed by atoms with Gasteiger partial charge in [-0.1, -0.05) is 99.2 Å². The summed E-state index contributed by atoms with van der Waals surface area (Å²) in [5.74, 6) is 0. The Morgan fingerprint density at radius 2 is 1.34 bits per heavy atom. The third-order valence-electron chi connectivity index (χ3n) is 8.42. The van der Waals surface area contributed by atoms with Crippen LogP contribution in [0.1, 0.15) is 118 Å². The maximum absolute atomic E-state index is 2.45. The molecule has 0 amide bonds. The molecule has 0 aliphatic heterocycles. The van der Waals surface area contributed by atoms with Crippen molar-refractivity contribution < 1.29 is 49.0 Å². The molecule has 0 bridgehead atoms. The average molecular weight is 628 g/mol. The van der Waals surface area contributed by atoms with Gasteiger partial charge in [-0.25, -0.2) is 0 Å². The minimum absolute atomic E-state index is 0. The summed E-state index contributed by atoms with van der Waals surface area (Å²) in [6, 6.07) is 14.3. The van der Waals surface area contributed by atoms with E-state index in [9.17, 15) is 0 Å². The second kappa shape index (κ2) is 12.7. The normalized spacial score (nSPS) is 16.4. The summed E-state index contributed by atoms with van der Waals surface area (Å²) in [6.45, 7) is 20.8. The van der Waals surface area contributed by atoms with Crippen LogP contribution in [-0.2, 0) is 35.1 Å². The van der Waals surface area contributed by atoms with Crippen LogP contribution in [0.25, 0.3) is 27.1 Å². The molecule has 5 rings (SSSR count). The van der Waals surface area contributed by atoms with Crippen molar-refractivity contribution in [3.8, 4) is 0 Å². The molecule has 1 saturated carbocycles. The molecule has 0 saturated heterocycles. The van der Waals surface area contributed by atoms with Crippen LogP contribution in [0.2, 0.25) is 0 Å². The van der Waals surface area contributed by atoms with E-state index in [-0.39, 0.29) is 35.6 Å². The Morgan fingerprint density at radius 3 is 1.82 bits per heavy atom. The summed E-state index contributed by atoms with van der Waals surface area (Å²) in [5.41, 5.74) is 10.6. The van der Waals surface area contributed by atoms with Crippen LogP contribution in [0.3, 0.4) is 0 Å². The predicted molar refractivity (Wildman–Crippen MR) is 158 cm³/mol. The van der Waals surface area contributed by atoms with Crippen LogP contribution in [0.4, 0.5) is 0 Å². The molecule has 1 fully saturated rings. The standard InChI is InChI=1S/C29H35.C6H10.2ClH.Zr/c1-17-14-24(19(3)18(17)2)27-25-16-20-15-21(28(4,5)6)10-11-22(20)23(25)12-13-26(27)29(7,8)9;1-2-4-6-5-3-1;;;/h10-13,15-16H,14H2,1-9H3;1-5H2;2*1H;/q-1;;;;+2/p-2. The van der Waals surface area contributed by atoms with Gasteiger partial charge in [0.05, 0.1) is 0 Å². The summed E-state index contributed by atoms with van der Waals surface area (Å²) in [6.07, 6.45) is 8.39. The number of hydrogen-bond acceptors (Lipinski definition) is 0. The Labute approximate surface area is 259 Å². The van der Waals surface area contributed by atoms with Gasteiger partial charge in [-0.3, -0.25) is 0 Å². The van der Waals surface area contributed by atoms with E-state index in [2.05, 4.69) is 98.7 Å². The van der Waals surface area contributed by atoms with Crippen molar-refractivity contribution in [3.05, 3.63) is 69.8 Å². The molecular formula is C35H45Cl2Zr-. The van der Waals surface area contributed by atoms with Crippen molar-refractivity contribution in [3.63, 3.8) is 0 Å². The molecule has 2 aliphatic rings. The number of hydrogen-bond donors (Lipinski definition) is 0. The van der Waals surface area contributed by atoms with E-state index in [0.717, 1.165) is 6.42 Å². The summed E-state index contributed by atoms with van der Waals surface area (Å²) in [5, 5.41) is 5.58. The quantitative estimate of drug-likeness (QED) is 0.349. The predicted octanol–water partition coefficient (Wildman–Crippen LogP) is 4.50. The van der Waals surface area contributed by atoms with Crippen molar-refractivity contribution >= 4 is 30.3 Å². The molecule has 3 heteroatoms. The Morgan fingerprint density at radius 1 is 0.737 bits per heavy atom. The number of allylic oxidation sites excluding steroid dienone is 4. The zero-order valence-corrected chi connectivity index (χ0v) is 28.9. The van der Waals surface area contributed by atoms with Crippen molar-refractivity contribution in [2.75, 3.05) is 0 Å². The van der Waals surface area contributed by atoms with Crippen molar-refractivity contribution in [1.82, 2.24) is 0 Å². The van der Waals surface area contributed by atoms with E-state index < -0.39 is 0 Å². The first-order valence-electron chi connectivity index (χ1n) is 13.9. The molecule has 0 atom stereocenters. The fourth-order valence-corrected chi connectivity index (χ4v) is 6.70. The molecule has 0 radical (unpaired) electrons. The first kappa shape index (κ1) is 33.3. The number of halogens is 2. The fourth-order valence-electron chi connectivity index (χ4n) is 5.84. The first-order valence-corrected chi connectivity index (χ1v) is 15.1. The molecule has 0 unspecified atom stereocenters. The zero-order chi connectivity index (χ0) is 26.4. The van der Waals surface area contributed by atoms with E-state index in [1.807, 2.05) is 0 Å². The van der Waals surface area contributed by atoms with Gasteiger partial charge in [-0.2, -0.15) is 0 Å². The Balaban J connectivity index is 0.000000492. The third kappa shape index (κ3) is 6.88. The van der Waals surface area contributed by atoms with Crippen LogP contribution >= 0.6 is 0 Å². The fraction of sp³-hybridized carbons (Fsp3) is 0.486. The SMILES string of the molecule is CC1=C(C)C(C)=C(c2c(C(C)(C)C)ccc3c2[cH-]c2cc(C(C)(C)C)ccc23)C1.[Cl-].[Cl-].[Zr+2]=[C]1CCCCC1. The molecular weight excluding hydrogens is 583 g/mol. The van der Waals surface area contributed by atoms with Gasteiger partial charge >= 0.3 is 59.5 Å². The molecule has 0 N–H and O–H groups in total. The Bertz CT molecular complexity index is 1380. The number of rotatable bonds is 1. The molecule has 0 heterocycles. The van der Waals surface area contributed by atoms with Gasteiger partial charge in [0, 0.05) is 0 Å². The Kier molecular flexibility index (Phi) is 11.2. The molecule has 38 heavy (non-hydrogen) atoms. The van der Waals surface area contributed by atoms with Crippen molar-refractivity contribution in [2.45, 2.75) is 112 Å². The minimum atomic E-state index is 0. The van der Waals surface area contributed by atoms with E-state index in [4.69, 9.17) is 0 Å². The van der Waals surface area contributed by atoms with E-state index in [1.54, 1.807) is 27.4 Å². The van der Waals surface area contributed by atoms with Crippen LogP contribution in [0.15, 0.2) is 53.1 Å². The van der Waals surface area contributed by atoms with Crippen molar-refractivity contribution in [2.24, 2.45) is 0 Å². The van der Waals surface area contributed by atoms with Gasteiger partial charge in [0.2, 0.25) is 0 Å². The van der Waals surface area contributed by atoms with Crippen LogP contribution < -0.4 is 24.8 Å². The second-order valence-corrected chi connectivity index (χ2v) is 15.0. The maximum atomic E-state index is 2.45. The monoisotopic (exact) mass is 625 g/mol. The third-order valence-corrected chi connectivity index (χ3v) is 9.65. The van der Waals surface area contributed by atoms with E-state index in [0.29, 0.717) is 0 Å². The molecule has 0 spiro atoms. The van der Waals surface area contributed by atoms with E-state index >= 15 is 0 Å². The van der Waals surface area contributed by atoms with E-state index in [1.165, 1.54) is 92.6 Å². The van der Waals surface area contributed by atoms with Crippen molar-refractivity contribution in [1.29, 1.82) is 0 Å². The van der Waals surface area contributed by atoms with Crippen LogP contribution in [0.5, 0.6) is 0 Å². The molecule has 2 aliphatic carbocycles. The molecule has 3 aromatic carbocycles. The Hall–Kier alpha value is -0.877. The zero-order valence-electron chi connectivity index (χ0n) is 25.0. The molecule has 0 aromatic heterocycles. The summed E-state index contributed by atoms with van der Waals surface area (Å²) >= 11 is 1.69. The van der Waals surface area contributed by atoms with Crippen LogP contribution in [0, 0.1) is 0 Å². The first-order chi connectivity index (χ1) is 16.8. The summed E-state index contributed by atoms with van der Waals surface area (Å²) in [7, 11) is 0.